The SMILES string of the molecule is CC(C)(C)c1c[c-]c2c(c1)-c1cc(C(C)(C)C)ccc1C2.FC(F)(F)c1cccc([C](=[Hf+2])c2cccc(C(F)(F)F)c2)c1.[Cl-].[Cl-].c1cc[cH-]c1. The van der Waals surface area contributed by atoms with Gasteiger partial charge in [0.05, 0.1) is 0 Å². The van der Waals surface area contributed by atoms with E-state index in [1.54, 1.807) is 0 Å². The molecular weight excluding hydrogens is 856 g/mol. The molecule has 0 unspecified atom stereocenters. The van der Waals surface area contributed by atoms with Crippen molar-refractivity contribution in [3.05, 3.63) is 160 Å². The minimum Gasteiger partial charge on any atom is -1.00 e. The van der Waals surface area contributed by atoms with Crippen molar-refractivity contribution in [3.8, 4) is 11.1 Å². The Hall–Kier alpha value is -2.87. The van der Waals surface area contributed by atoms with Gasteiger partial charge in [0.15, 0.2) is 0 Å². The molecule has 264 valence electrons. The number of hydrogen-bond donors (Lipinski definition) is 0. The first-order valence-electron chi connectivity index (χ1n) is 15.5. The predicted octanol–water partition coefficient (Wildman–Crippen LogP) is 5.91. The molecule has 0 radical (unpaired) electrons. The summed E-state index contributed by atoms with van der Waals surface area (Å²) < 4.78 is 76.7. The van der Waals surface area contributed by atoms with E-state index < -0.39 is 23.5 Å². The van der Waals surface area contributed by atoms with Crippen LogP contribution >= 0.6 is 0 Å². The van der Waals surface area contributed by atoms with E-state index in [1.807, 2.05) is 30.3 Å². The molecule has 50 heavy (non-hydrogen) atoms. The van der Waals surface area contributed by atoms with E-state index in [9.17, 15) is 26.3 Å². The fraction of sp³-hybridized carbons (Fsp3) is 0.268. The van der Waals surface area contributed by atoms with E-state index in [0.717, 1.165) is 30.7 Å². The maximum absolute atomic E-state index is 12.7. The van der Waals surface area contributed by atoms with Crippen LogP contribution in [0.3, 0.4) is 0 Å². The minimum absolute atomic E-state index is 0. The normalized spacial score (nSPS) is 12.1. The van der Waals surface area contributed by atoms with Crippen LogP contribution in [0, 0.1) is 6.07 Å². The van der Waals surface area contributed by atoms with Gasteiger partial charge in [-0.3, -0.25) is 0 Å². The van der Waals surface area contributed by atoms with Gasteiger partial charge in [0.25, 0.3) is 0 Å². The molecule has 0 saturated heterocycles. The van der Waals surface area contributed by atoms with E-state index in [1.165, 1.54) is 57.6 Å². The molecule has 0 amide bonds. The summed E-state index contributed by atoms with van der Waals surface area (Å²) in [6.45, 7) is 13.6. The Bertz CT molecular complexity index is 1720. The van der Waals surface area contributed by atoms with E-state index in [-0.39, 0.29) is 35.6 Å². The molecule has 0 heterocycles. The molecule has 9 heteroatoms. The van der Waals surface area contributed by atoms with Crippen molar-refractivity contribution in [3.63, 3.8) is 0 Å². The van der Waals surface area contributed by atoms with E-state index >= 15 is 0 Å². The molecule has 0 aliphatic heterocycles. The first-order chi connectivity index (χ1) is 22.2. The van der Waals surface area contributed by atoms with Crippen LogP contribution in [0.15, 0.2) is 109 Å². The van der Waals surface area contributed by atoms with Crippen molar-refractivity contribution in [2.45, 2.75) is 71.1 Å². The summed E-state index contributed by atoms with van der Waals surface area (Å²) in [5.41, 5.74) is 7.72. The van der Waals surface area contributed by atoms with Gasteiger partial charge in [0.1, 0.15) is 0 Å². The molecule has 0 saturated carbocycles. The quantitative estimate of drug-likeness (QED) is 0.116. The van der Waals surface area contributed by atoms with Crippen LogP contribution in [-0.4, -0.2) is 3.26 Å². The van der Waals surface area contributed by atoms with Gasteiger partial charge in [-0.25, -0.2) is 12.1 Å². The molecule has 1 aliphatic carbocycles. The van der Waals surface area contributed by atoms with E-state index in [0.29, 0.717) is 38.3 Å². The van der Waals surface area contributed by atoms with Crippen LogP contribution in [0.25, 0.3) is 11.1 Å². The summed E-state index contributed by atoms with van der Waals surface area (Å²) in [5.74, 6) is 0. The van der Waals surface area contributed by atoms with Gasteiger partial charge >= 0.3 is 137 Å². The fourth-order valence-corrected chi connectivity index (χ4v) is 6.29. The number of rotatable bonds is 2. The number of fused-ring (bicyclic) bond motifs is 3. The van der Waals surface area contributed by atoms with Crippen LogP contribution in [-0.2, 0) is 53.5 Å². The average Bonchev–Trinajstić information content (AvgIpc) is 3.71. The van der Waals surface area contributed by atoms with Gasteiger partial charge in [-0.05, 0) is 17.4 Å². The van der Waals surface area contributed by atoms with Crippen LogP contribution in [0.5, 0.6) is 0 Å². The molecule has 0 nitrogen and oxygen atoms in total. The summed E-state index contributed by atoms with van der Waals surface area (Å²) in [5, 5.41) is 0. The van der Waals surface area contributed by atoms with Crippen LogP contribution in [0.4, 0.5) is 26.3 Å². The third kappa shape index (κ3) is 11.3. The second kappa shape index (κ2) is 17.1. The third-order valence-electron chi connectivity index (χ3n) is 8.04. The van der Waals surface area contributed by atoms with Gasteiger partial charge in [-0.2, -0.15) is 47.5 Å². The van der Waals surface area contributed by atoms with Gasteiger partial charge in [0.2, 0.25) is 0 Å². The summed E-state index contributed by atoms with van der Waals surface area (Å²) in [6, 6.07) is 34.3. The Kier molecular flexibility index (Phi) is 14.8. The van der Waals surface area contributed by atoms with Gasteiger partial charge in [-0.15, -0.1) is 5.56 Å². The molecule has 0 fully saturated rings. The molecular formula is C41H38Cl2F6Hf-2. The molecule has 0 spiro atoms. The van der Waals surface area contributed by atoms with Crippen molar-refractivity contribution < 1.29 is 75.0 Å². The van der Waals surface area contributed by atoms with Gasteiger partial charge < -0.3 is 24.8 Å². The summed E-state index contributed by atoms with van der Waals surface area (Å²) >= 11 is 0.316. The first kappa shape index (κ1) is 43.3. The third-order valence-corrected chi connectivity index (χ3v) is 10.1. The maximum Gasteiger partial charge on any atom is -0.172 e. The Morgan fingerprint density at radius 2 is 1.08 bits per heavy atom. The van der Waals surface area contributed by atoms with Gasteiger partial charge in [-0.1, -0.05) is 76.3 Å². The summed E-state index contributed by atoms with van der Waals surface area (Å²) in [7, 11) is 0. The molecule has 0 atom stereocenters. The first-order valence-corrected chi connectivity index (χ1v) is 17.3. The Morgan fingerprint density at radius 3 is 1.50 bits per heavy atom. The number of benzene rings is 4. The number of hydrogen-bond acceptors (Lipinski definition) is 0. The van der Waals surface area contributed by atoms with Crippen molar-refractivity contribution >= 4 is 3.26 Å². The molecule has 0 aromatic heterocycles. The average molecular weight is 894 g/mol. The molecule has 0 N–H and O–H groups in total. The standard InChI is InChI=1S/C21H25.C15H8F6.C5H5.2ClH.Hf/c1-20(2,3)16-9-7-14-11-15-8-10-17(21(4,5)6)13-19(15)18(14)12-16;16-14(17,18)12-5-1-3-10(8-12)7-11-4-2-6-13(9-11)15(19,20)21;1-2-4-5-3-1;;;/h7,9-10,12-13H,11H2,1-6H3;1-6,8-9H;1-5H;2*1H;/q-1;;-1;;;+2/p-2. The summed E-state index contributed by atoms with van der Waals surface area (Å²) in [6.07, 6.45) is -7.93. The Labute approximate surface area is 318 Å². The van der Waals surface area contributed by atoms with E-state index in [4.69, 9.17) is 0 Å². The molecule has 1 aliphatic rings. The Morgan fingerprint density at radius 1 is 0.600 bits per heavy atom. The zero-order valence-corrected chi connectivity index (χ0v) is 33.7. The van der Waals surface area contributed by atoms with Crippen LogP contribution < -0.4 is 24.8 Å². The maximum atomic E-state index is 12.7. The van der Waals surface area contributed by atoms with E-state index in [2.05, 4.69) is 77.9 Å². The minimum atomic E-state index is -4.48. The smallest absolute Gasteiger partial charge is 0.172 e. The Balaban J connectivity index is 0.000000293. The zero-order valence-electron chi connectivity index (χ0n) is 28.6. The molecule has 5 aromatic rings. The van der Waals surface area contributed by atoms with Crippen molar-refractivity contribution in [2.24, 2.45) is 0 Å². The largest absolute Gasteiger partial charge is 1.00 e. The zero-order chi connectivity index (χ0) is 35.5. The van der Waals surface area contributed by atoms with Crippen LogP contribution in [0.1, 0.15) is 86.1 Å². The second-order valence-electron chi connectivity index (χ2n) is 13.8. The van der Waals surface area contributed by atoms with Gasteiger partial charge in [0, 0.05) is 0 Å². The van der Waals surface area contributed by atoms with Crippen molar-refractivity contribution in [1.82, 2.24) is 0 Å². The molecule has 6 rings (SSSR count). The number of alkyl halides is 6. The second-order valence-corrected chi connectivity index (χ2v) is 15.6. The van der Waals surface area contributed by atoms with Crippen molar-refractivity contribution in [1.29, 1.82) is 0 Å². The fourth-order valence-electron chi connectivity index (χ4n) is 5.17. The molecule has 5 aromatic carbocycles. The monoisotopic (exact) mass is 894 g/mol. The van der Waals surface area contributed by atoms with Crippen LogP contribution in [0.2, 0.25) is 0 Å². The predicted molar refractivity (Wildman–Crippen MR) is 179 cm³/mol. The number of halogens is 8. The summed E-state index contributed by atoms with van der Waals surface area (Å²) in [4.78, 5) is 0. The molecule has 0 bridgehead atoms. The topological polar surface area (TPSA) is 0 Å². The van der Waals surface area contributed by atoms with Crippen molar-refractivity contribution in [2.75, 3.05) is 0 Å².